The molecule has 24 rings (SSSR count). The largest absolute Gasteiger partial charge is 0.454 e. The molecule has 0 radical (unpaired) electrons. The van der Waals surface area contributed by atoms with Crippen LogP contribution in [0.1, 0.15) is 61.8 Å². The van der Waals surface area contributed by atoms with Crippen molar-refractivity contribution in [1.29, 1.82) is 0 Å². The van der Waals surface area contributed by atoms with Gasteiger partial charge in [0.15, 0.2) is 22.3 Å². The SMILES string of the molecule is CC(C)c1ccc2c(c1)c(N(c1ccccc1)c1cccc3c1oc1ccccc13)cc1c3ccc(C(C)C)cc3c(N(c3ccccc3)c3cccc4c3oc3ccccc34)cc21.Cc1ccc2c(c1)c(N(c1ccccc1)c1cccc3c1oc1ccccc13)cc1c3ccc(C)cc3c(N(c3ccccc3)c3cccc4c3oc3ccccc34)cc21. The van der Waals surface area contributed by atoms with Crippen molar-refractivity contribution in [3.05, 3.63) is 411 Å². The van der Waals surface area contributed by atoms with Crippen LogP contribution in [-0.2, 0) is 0 Å². The number of anilines is 12. The second kappa shape index (κ2) is 29.7. The first-order valence-corrected chi connectivity index (χ1v) is 42.9. The van der Waals surface area contributed by atoms with Crippen molar-refractivity contribution in [2.45, 2.75) is 53.4 Å². The molecule has 0 fully saturated rings. The molecule has 8 heteroatoms. The van der Waals surface area contributed by atoms with Gasteiger partial charge in [-0.25, -0.2) is 0 Å². The van der Waals surface area contributed by atoms with Crippen LogP contribution in [0.15, 0.2) is 406 Å². The molecule has 0 aliphatic heterocycles. The summed E-state index contributed by atoms with van der Waals surface area (Å²) in [5.74, 6) is 0.660. The summed E-state index contributed by atoms with van der Waals surface area (Å²) in [5, 5.41) is 22.9. The number of benzene rings is 20. The van der Waals surface area contributed by atoms with Crippen LogP contribution in [0.5, 0.6) is 0 Å². The highest BCUT2D eigenvalue weighted by Gasteiger charge is 2.31. The van der Waals surface area contributed by atoms with Crippen LogP contribution in [0.2, 0.25) is 0 Å². The minimum atomic E-state index is 0.330. The van der Waals surface area contributed by atoms with Gasteiger partial charge in [-0.2, -0.15) is 0 Å². The number of furan rings is 4. The Bertz CT molecular complexity index is 7880. The summed E-state index contributed by atoms with van der Waals surface area (Å²) >= 11 is 0. The van der Waals surface area contributed by atoms with E-state index in [9.17, 15) is 0 Å². The average molecular weight is 1600 g/mol. The van der Waals surface area contributed by atoms with Crippen LogP contribution in [-0.4, -0.2) is 0 Å². The normalized spacial score (nSPS) is 11.9. The molecule has 0 bridgehead atoms. The molecule has 0 amide bonds. The van der Waals surface area contributed by atoms with Gasteiger partial charge in [-0.15, -0.1) is 0 Å². The standard InChI is InChI=1S/C60H46N2O2.C56H38N2O2/c1-37(2)39-29-31-43-49-36-56(62(42-19-9-6-10-20-42)54-26-16-24-48-46-22-12-14-28-58(46)64-60(48)54)52-34-40(38(3)4)30-32-44(52)50(49)35-55(51(43)33-39)61(41-17-7-5-8-18-41)53-25-15-23-47-45-21-11-13-27-57(45)63-59(47)53;1-35-27-29-39-45-34-52(58(38-17-7-4-8-18-38)50-24-14-22-44-42-20-10-12-26-54(42)60-56(44)50)48-32-36(2)28-30-40(48)46(45)33-51(47(39)31-35)57(37-15-5-3-6-16-37)49-23-13-21-43-41-19-9-11-25-53(41)59-55(43)49/h5-38H,1-4H3;3-34H,1-2H3. The molecular weight excluding hydrogens is 1510 g/mol. The number of rotatable bonds is 14. The Kier molecular flexibility index (Phi) is 17.6. The summed E-state index contributed by atoms with van der Waals surface area (Å²) in [4.78, 5) is 9.60. The van der Waals surface area contributed by atoms with Gasteiger partial charge >= 0.3 is 0 Å². The molecule has 24 aromatic rings. The molecule has 0 N–H and O–H groups in total. The van der Waals surface area contributed by atoms with Crippen molar-refractivity contribution in [2.24, 2.45) is 0 Å². The molecule has 0 saturated carbocycles. The maximum absolute atomic E-state index is 6.80. The van der Waals surface area contributed by atoms with Gasteiger partial charge in [-0.1, -0.05) is 281 Å². The fourth-order valence-electron chi connectivity index (χ4n) is 19.3. The monoisotopic (exact) mass is 1600 g/mol. The molecule has 0 aliphatic rings. The molecule has 0 aliphatic carbocycles. The lowest BCUT2D eigenvalue weighted by Crippen LogP contribution is -2.12. The van der Waals surface area contributed by atoms with Crippen molar-refractivity contribution in [2.75, 3.05) is 19.6 Å². The van der Waals surface area contributed by atoms with Crippen LogP contribution >= 0.6 is 0 Å². The first-order valence-electron chi connectivity index (χ1n) is 42.9. The van der Waals surface area contributed by atoms with E-state index >= 15 is 0 Å². The third-order valence-electron chi connectivity index (χ3n) is 25.3. The summed E-state index contributed by atoms with van der Waals surface area (Å²) in [6.07, 6.45) is 0. The van der Waals surface area contributed by atoms with Gasteiger partial charge < -0.3 is 37.3 Å². The van der Waals surface area contributed by atoms with E-state index in [4.69, 9.17) is 17.7 Å². The molecule has 20 aromatic carbocycles. The molecule has 4 heterocycles. The number of aryl methyl sites for hydroxylation is 2. The number of nitrogens with zero attached hydrogens (tertiary/aromatic N) is 4. The fraction of sp³-hybridized carbons (Fsp3) is 0.0690. The Morgan fingerprint density at radius 3 is 0.653 bits per heavy atom. The van der Waals surface area contributed by atoms with Crippen LogP contribution in [0.25, 0.3) is 152 Å². The van der Waals surface area contributed by atoms with Crippen LogP contribution < -0.4 is 19.6 Å². The van der Waals surface area contributed by atoms with E-state index in [1.165, 1.54) is 76.1 Å². The highest BCUT2D eigenvalue weighted by atomic mass is 16.3. The number of hydrogen-bond acceptors (Lipinski definition) is 8. The van der Waals surface area contributed by atoms with Crippen molar-refractivity contribution in [1.82, 2.24) is 0 Å². The Balaban J connectivity index is 0.000000144. The molecule has 0 unspecified atom stereocenters. The predicted octanol–water partition coefficient (Wildman–Crippen LogP) is 34.6. The summed E-state index contributed by atoms with van der Waals surface area (Å²) < 4.78 is 27.1. The Hall–Kier alpha value is -15.6. The van der Waals surface area contributed by atoms with E-state index < -0.39 is 0 Å². The first kappa shape index (κ1) is 73.5. The number of hydrogen-bond donors (Lipinski definition) is 0. The lowest BCUT2D eigenvalue weighted by atomic mass is 9.89. The quantitative estimate of drug-likeness (QED) is 0.0998. The molecule has 0 atom stereocenters. The van der Waals surface area contributed by atoms with Crippen LogP contribution in [0.3, 0.4) is 0 Å². The zero-order chi connectivity index (χ0) is 83.0. The Morgan fingerprint density at radius 1 is 0.169 bits per heavy atom. The first-order chi connectivity index (χ1) is 61.0. The maximum Gasteiger partial charge on any atom is 0.159 e. The summed E-state index contributed by atoms with van der Waals surface area (Å²) in [6, 6.07) is 140. The van der Waals surface area contributed by atoms with Gasteiger partial charge in [0.1, 0.15) is 22.3 Å². The van der Waals surface area contributed by atoms with Crippen molar-refractivity contribution < 1.29 is 17.7 Å². The van der Waals surface area contributed by atoms with E-state index in [0.717, 1.165) is 167 Å². The van der Waals surface area contributed by atoms with Gasteiger partial charge in [0, 0.05) is 87.4 Å². The Morgan fingerprint density at radius 2 is 0.395 bits per heavy atom. The minimum Gasteiger partial charge on any atom is -0.454 e. The van der Waals surface area contributed by atoms with E-state index in [2.05, 4.69) is 425 Å². The van der Waals surface area contributed by atoms with Gasteiger partial charge in [0.05, 0.1) is 45.5 Å². The zero-order valence-corrected chi connectivity index (χ0v) is 69.5. The third kappa shape index (κ3) is 12.1. The van der Waals surface area contributed by atoms with Crippen molar-refractivity contribution in [3.8, 4) is 0 Å². The number of para-hydroxylation sites is 12. The molecule has 124 heavy (non-hydrogen) atoms. The molecule has 4 aromatic heterocycles. The predicted molar refractivity (Wildman–Crippen MR) is 523 cm³/mol. The van der Waals surface area contributed by atoms with Crippen molar-refractivity contribution >= 4 is 221 Å². The molecule has 0 saturated heterocycles. The zero-order valence-electron chi connectivity index (χ0n) is 69.5. The summed E-state index contributed by atoms with van der Waals surface area (Å²) in [5.41, 5.74) is 24.5. The number of fused-ring (bicyclic) bond motifs is 22. The minimum absolute atomic E-state index is 0.330. The fourth-order valence-corrected chi connectivity index (χ4v) is 19.3. The second-order valence-electron chi connectivity index (χ2n) is 33.5. The summed E-state index contributed by atoms with van der Waals surface area (Å²) in [6.45, 7) is 13.5. The molecule has 592 valence electrons. The third-order valence-corrected chi connectivity index (χ3v) is 25.3. The summed E-state index contributed by atoms with van der Waals surface area (Å²) in [7, 11) is 0. The molecule has 8 nitrogen and oxygen atoms in total. The van der Waals surface area contributed by atoms with E-state index in [1.54, 1.807) is 0 Å². The molecule has 0 spiro atoms. The van der Waals surface area contributed by atoms with Crippen LogP contribution in [0.4, 0.5) is 68.2 Å². The highest BCUT2D eigenvalue weighted by Crippen LogP contribution is 2.55. The highest BCUT2D eigenvalue weighted by molar-refractivity contribution is 6.28. The van der Waals surface area contributed by atoms with Crippen LogP contribution in [0, 0.1) is 13.8 Å². The average Bonchev–Trinajstić information content (AvgIpc) is 0.790. The topological polar surface area (TPSA) is 65.5 Å². The Labute approximate surface area is 717 Å². The van der Waals surface area contributed by atoms with Gasteiger partial charge in [-0.05, 0) is 225 Å². The second-order valence-corrected chi connectivity index (χ2v) is 33.5. The molecular formula is C116H84N4O4. The van der Waals surface area contributed by atoms with Gasteiger partial charge in [-0.3, -0.25) is 0 Å². The smallest absolute Gasteiger partial charge is 0.159 e. The van der Waals surface area contributed by atoms with Gasteiger partial charge in [0.2, 0.25) is 0 Å². The maximum atomic E-state index is 6.80. The lowest BCUT2D eigenvalue weighted by molar-refractivity contribution is 0.669. The van der Waals surface area contributed by atoms with E-state index in [1.807, 2.05) is 24.3 Å². The lowest BCUT2D eigenvalue weighted by Gasteiger charge is -2.30. The van der Waals surface area contributed by atoms with E-state index in [-0.39, 0.29) is 0 Å². The van der Waals surface area contributed by atoms with Gasteiger partial charge in [0.25, 0.3) is 0 Å². The van der Waals surface area contributed by atoms with E-state index in [0.29, 0.717) is 11.8 Å². The van der Waals surface area contributed by atoms with Crippen molar-refractivity contribution in [3.63, 3.8) is 0 Å².